The van der Waals surface area contributed by atoms with Crippen molar-refractivity contribution >= 4 is 22.6 Å². The Morgan fingerprint density at radius 2 is 1.88 bits per heavy atom. The van der Waals surface area contributed by atoms with Crippen LogP contribution in [0, 0.1) is 12.8 Å². The second-order valence-electron chi connectivity index (χ2n) is 6.12. The van der Waals surface area contributed by atoms with Crippen molar-refractivity contribution in [1.29, 1.82) is 0 Å². The molecule has 2 aromatic carbocycles. The summed E-state index contributed by atoms with van der Waals surface area (Å²) in [4.78, 5) is 31.7. The van der Waals surface area contributed by atoms with E-state index in [0.717, 1.165) is 16.3 Å². The van der Waals surface area contributed by atoms with Gasteiger partial charge in [-0.2, -0.15) is 0 Å². The second kappa shape index (κ2) is 7.74. The molecule has 0 aliphatic rings. The minimum atomic E-state index is -0.947. The van der Waals surface area contributed by atoms with Gasteiger partial charge in [-0.15, -0.1) is 0 Å². The van der Waals surface area contributed by atoms with Crippen molar-refractivity contribution in [3.05, 3.63) is 71.8 Å². The number of aromatic nitrogens is 2. The lowest BCUT2D eigenvalue weighted by Crippen LogP contribution is -2.34. The highest BCUT2D eigenvalue weighted by atomic mass is 16.4. The zero-order valence-electron chi connectivity index (χ0n) is 14.3. The molecule has 0 saturated heterocycles. The third-order valence-corrected chi connectivity index (χ3v) is 4.16. The van der Waals surface area contributed by atoms with Crippen LogP contribution in [-0.2, 0) is 11.2 Å². The average molecular weight is 349 g/mol. The fourth-order valence-corrected chi connectivity index (χ4v) is 2.79. The van der Waals surface area contributed by atoms with Crippen molar-refractivity contribution in [2.75, 3.05) is 6.54 Å². The van der Waals surface area contributed by atoms with Crippen molar-refractivity contribution in [3.63, 3.8) is 0 Å². The predicted molar refractivity (Wildman–Crippen MR) is 97.9 cm³/mol. The van der Waals surface area contributed by atoms with E-state index in [1.807, 2.05) is 42.5 Å². The molecule has 0 aliphatic heterocycles. The Bertz CT molecular complexity index is 956. The molecule has 1 unspecified atom stereocenters. The summed E-state index contributed by atoms with van der Waals surface area (Å²) >= 11 is 0. The van der Waals surface area contributed by atoms with Gasteiger partial charge in [0, 0.05) is 12.7 Å². The van der Waals surface area contributed by atoms with E-state index in [4.69, 9.17) is 0 Å². The Morgan fingerprint density at radius 1 is 1.12 bits per heavy atom. The quantitative estimate of drug-likeness (QED) is 0.714. The van der Waals surface area contributed by atoms with Crippen LogP contribution in [0.2, 0.25) is 0 Å². The maximum atomic E-state index is 12.2. The molecule has 3 aromatic rings. The van der Waals surface area contributed by atoms with E-state index in [9.17, 15) is 14.7 Å². The minimum Gasteiger partial charge on any atom is -0.481 e. The number of carboxylic acids is 1. The van der Waals surface area contributed by atoms with Crippen LogP contribution in [-0.4, -0.2) is 33.5 Å². The molecular formula is C20H19N3O3. The zero-order valence-corrected chi connectivity index (χ0v) is 14.3. The SMILES string of the molecule is Cc1nccc(C(=O)NCC(Cc2ccc3ccccc3c2)C(=O)O)n1. The normalized spacial score (nSPS) is 11.9. The summed E-state index contributed by atoms with van der Waals surface area (Å²) in [5.74, 6) is -1.58. The lowest BCUT2D eigenvalue weighted by Gasteiger charge is -2.14. The molecular weight excluding hydrogens is 330 g/mol. The monoisotopic (exact) mass is 349 g/mol. The first-order chi connectivity index (χ1) is 12.5. The van der Waals surface area contributed by atoms with E-state index in [1.165, 1.54) is 12.3 Å². The number of aryl methyl sites for hydroxylation is 1. The van der Waals surface area contributed by atoms with Gasteiger partial charge in [0.2, 0.25) is 0 Å². The summed E-state index contributed by atoms with van der Waals surface area (Å²) in [6, 6.07) is 15.3. The van der Waals surface area contributed by atoms with Crippen LogP contribution < -0.4 is 5.32 Å². The van der Waals surface area contributed by atoms with E-state index in [0.29, 0.717) is 12.2 Å². The molecule has 2 N–H and O–H groups in total. The predicted octanol–water partition coefficient (Wildman–Crippen LogP) is 2.61. The van der Waals surface area contributed by atoms with Gasteiger partial charge in [-0.05, 0) is 35.7 Å². The highest BCUT2D eigenvalue weighted by Crippen LogP contribution is 2.18. The van der Waals surface area contributed by atoms with E-state index in [-0.39, 0.29) is 12.2 Å². The maximum absolute atomic E-state index is 12.2. The summed E-state index contributed by atoms with van der Waals surface area (Å²) in [7, 11) is 0. The molecule has 1 atom stereocenters. The first kappa shape index (κ1) is 17.5. The van der Waals surface area contributed by atoms with Crippen LogP contribution in [0.1, 0.15) is 21.9 Å². The molecule has 132 valence electrons. The van der Waals surface area contributed by atoms with Crippen LogP contribution in [0.3, 0.4) is 0 Å². The number of fused-ring (bicyclic) bond motifs is 1. The fourth-order valence-electron chi connectivity index (χ4n) is 2.79. The summed E-state index contributed by atoms with van der Waals surface area (Å²) in [6.45, 7) is 1.72. The summed E-state index contributed by atoms with van der Waals surface area (Å²) < 4.78 is 0. The molecule has 0 saturated carbocycles. The number of rotatable bonds is 6. The van der Waals surface area contributed by atoms with Gasteiger partial charge in [-0.25, -0.2) is 9.97 Å². The second-order valence-corrected chi connectivity index (χ2v) is 6.12. The number of carbonyl (C=O) groups is 2. The molecule has 0 radical (unpaired) electrons. The number of aliphatic carboxylic acids is 1. The molecule has 1 aromatic heterocycles. The molecule has 6 heteroatoms. The van der Waals surface area contributed by atoms with E-state index in [1.54, 1.807) is 6.92 Å². The number of amides is 1. The van der Waals surface area contributed by atoms with Crippen LogP contribution in [0.15, 0.2) is 54.7 Å². The topological polar surface area (TPSA) is 92.2 Å². The molecule has 1 amide bonds. The Kier molecular flexibility index (Phi) is 5.22. The van der Waals surface area contributed by atoms with Crippen LogP contribution in [0.25, 0.3) is 10.8 Å². The van der Waals surface area contributed by atoms with Gasteiger partial charge in [0.05, 0.1) is 5.92 Å². The Balaban J connectivity index is 1.68. The number of carboxylic acid groups (broad SMARTS) is 1. The molecule has 6 nitrogen and oxygen atoms in total. The van der Waals surface area contributed by atoms with Crippen molar-refractivity contribution in [1.82, 2.24) is 15.3 Å². The zero-order chi connectivity index (χ0) is 18.5. The van der Waals surface area contributed by atoms with Crippen LogP contribution in [0.5, 0.6) is 0 Å². The number of hydrogen-bond donors (Lipinski definition) is 2. The standard InChI is InChI=1S/C20H19N3O3/c1-13-21-9-8-18(23-13)19(24)22-12-17(20(25)26)11-14-6-7-15-4-2-3-5-16(15)10-14/h2-10,17H,11-12H2,1H3,(H,22,24)(H,25,26). The van der Waals surface area contributed by atoms with Crippen molar-refractivity contribution < 1.29 is 14.7 Å². The molecule has 1 heterocycles. The number of hydrogen-bond acceptors (Lipinski definition) is 4. The third-order valence-electron chi connectivity index (χ3n) is 4.16. The van der Waals surface area contributed by atoms with Crippen molar-refractivity contribution in [2.45, 2.75) is 13.3 Å². The fraction of sp³-hybridized carbons (Fsp3) is 0.200. The van der Waals surface area contributed by atoms with Gasteiger partial charge in [0.1, 0.15) is 11.5 Å². The van der Waals surface area contributed by atoms with Gasteiger partial charge < -0.3 is 10.4 Å². The first-order valence-corrected chi connectivity index (χ1v) is 8.31. The molecule has 0 bridgehead atoms. The van der Waals surface area contributed by atoms with Crippen molar-refractivity contribution in [2.24, 2.45) is 5.92 Å². The van der Waals surface area contributed by atoms with E-state index >= 15 is 0 Å². The summed E-state index contributed by atoms with van der Waals surface area (Å²) in [5.41, 5.74) is 1.15. The smallest absolute Gasteiger partial charge is 0.308 e. The van der Waals surface area contributed by atoms with Gasteiger partial charge in [0.25, 0.3) is 5.91 Å². The van der Waals surface area contributed by atoms with Crippen LogP contribution in [0.4, 0.5) is 0 Å². The molecule has 0 spiro atoms. The molecule has 0 fully saturated rings. The highest BCUT2D eigenvalue weighted by molar-refractivity contribution is 5.92. The number of carbonyl (C=O) groups excluding carboxylic acids is 1. The summed E-state index contributed by atoms with van der Waals surface area (Å²) in [5, 5.41) is 14.3. The first-order valence-electron chi connectivity index (χ1n) is 8.31. The molecule has 0 aliphatic carbocycles. The summed E-state index contributed by atoms with van der Waals surface area (Å²) in [6.07, 6.45) is 1.84. The van der Waals surface area contributed by atoms with Crippen molar-refractivity contribution in [3.8, 4) is 0 Å². The molecule has 26 heavy (non-hydrogen) atoms. The maximum Gasteiger partial charge on any atom is 0.308 e. The number of nitrogens with zero attached hydrogens (tertiary/aromatic N) is 2. The van der Waals surface area contributed by atoms with Crippen LogP contribution >= 0.6 is 0 Å². The largest absolute Gasteiger partial charge is 0.481 e. The van der Waals surface area contributed by atoms with Gasteiger partial charge in [-0.3, -0.25) is 9.59 Å². The van der Waals surface area contributed by atoms with E-state index in [2.05, 4.69) is 15.3 Å². The lowest BCUT2D eigenvalue weighted by molar-refractivity contribution is -0.141. The highest BCUT2D eigenvalue weighted by Gasteiger charge is 2.20. The third kappa shape index (κ3) is 4.22. The molecule has 3 rings (SSSR count). The minimum absolute atomic E-state index is 0.0318. The Morgan fingerprint density at radius 3 is 2.62 bits per heavy atom. The Labute approximate surface area is 150 Å². The van der Waals surface area contributed by atoms with Gasteiger partial charge in [0.15, 0.2) is 0 Å². The number of nitrogens with one attached hydrogen (secondary N) is 1. The average Bonchev–Trinajstić information content (AvgIpc) is 2.64. The van der Waals surface area contributed by atoms with Gasteiger partial charge >= 0.3 is 5.97 Å². The number of benzene rings is 2. The van der Waals surface area contributed by atoms with Gasteiger partial charge in [-0.1, -0.05) is 42.5 Å². The lowest BCUT2D eigenvalue weighted by atomic mass is 9.97. The Hall–Kier alpha value is -3.28. The van der Waals surface area contributed by atoms with E-state index < -0.39 is 17.8 Å².